The molecule has 1 aliphatic rings. The number of hydrogen-bond donors (Lipinski definition) is 3. The van der Waals surface area contributed by atoms with E-state index in [0.717, 1.165) is 12.1 Å². The molecule has 1 aromatic rings. The summed E-state index contributed by atoms with van der Waals surface area (Å²) in [7, 11) is 1.62. The minimum atomic E-state index is -0.570. The monoisotopic (exact) mass is 416 g/mol. The Kier molecular flexibility index (Phi) is 6.65. The lowest BCUT2D eigenvalue weighted by molar-refractivity contribution is -0.128. The van der Waals surface area contributed by atoms with Crippen molar-refractivity contribution >= 4 is 41.5 Å². The average molecular weight is 416 g/mol. The number of amides is 1. The maximum Gasteiger partial charge on any atom is 0.227 e. The van der Waals surface area contributed by atoms with Crippen molar-refractivity contribution in [1.82, 2.24) is 5.32 Å². The molecule has 0 fully saturated rings. The Bertz CT molecular complexity index is 569. The number of guanidine groups is 1. The first kappa shape index (κ1) is 18.7. The van der Waals surface area contributed by atoms with Crippen LogP contribution in [0.5, 0.6) is 0 Å². The molecule has 2 rings (SSSR count). The predicted octanol–water partition coefficient (Wildman–Crippen LogP) is 2.29. The van der Waals surface area contributed by atoms with E-state index in [1.165, 1.54) is 24.0 Å². The molecule has 0 bridgehead atoms. The number of benzene rings is 1. The maximum atomic E-state index is 11.7. The summed E-state index contributed by atoms with van der Waals surface area (Å²) in [5, 5.41) is 5.73. The molecule has 0 aromatic heterocycles. The van der Waals surface area contributed by atoms with E-state index in [9.17, 15) is 4.79 Å². The molecule has 0 aliphatic heterocycles. The van der Waals surface area contributed by atoms with Crippen LogP contribution in [0.4, 0.5) is 5.69 Å². The van der Waals surface area contributed by atoms with Gasteiger partial charge in [-0.3, -0.25) is 9.79 Å². The second-order valence-corrected chi connectivity index (χ2v) is 6.13. The van der Waals surface area contributed by atoms with Gasteiger partial charge in [0, 0.05) is 12.7 Å². The Hall–Kier alpha value is -1.31. The summed E-state index contributed by atoms with van der Waals surface area (Å²) in [5.41, 5.74) is 9.10. The van der Waals surface area contributed by atoms with Crippen LogP contribution in [0.15, 0.2) is 23.2 Å². The fourth-order valence-corrected chi connectivity index (χ4v) is 2.53. The van der Waals surface area contributed by atoms with E-state index in [1.807, 2.05) is 19.9 Å². The zero-order valence-corrected chi connectivity index (χ0v) is 15.7. The third-order valence-electron chi connectivity index (χ3n) is 3.86. The van der Waals surface area contributed by atoms with E-state index >= 15 is 0 Å². The highest BCUT2D eigenvalue weighted by molar-refractivity contribution is 14.0. The van der Waals surface area contributed by atoms with Crippen molar-refractivity contribution in [3.05, 3.63) is 29.3 Å². The minimum Gasteiger partial charge on any atom is -0.370 e. The third kappa shape index (κ3) is 4.59. The van der Waals surface area contributed by atoms with E-state index in [1.54, 1.807) is 7.05 Å². The van der Waals surface area contributed by atoms with Crippen LogP contribution in [-0.2, 0) is 17.6 Å². The normalized spacial score (nSPS) is 14.0. The molecule has 5 nitrogen and oxygen atoms in total. The summed E-state index contributed by atoms with van der Waals surface area (Å²) in [6.45, 7) is 4.03. The van der Waals surface area contributed by atoms with E-state index in [2.05, 4.69) is 27.8 Å². The molecule has 0 radical (unpaired) electrons. The van der Waals surface area contributed by atoms with Gasteiger partial charge in [0.25, 0.3) is 0 Å². The fraction of sp³-hybridized carbons (Fsp3) is 0.500. The highest BCUT2D eigenvalue weighted by Gasteiger charge is 2.26. The van der Waals surface area contributed by atoms with Crippen molar-refractivity contribution in [3.8, 4) is 0 Å². The molecule has 1 aliphatic carbocycles. The third-order valence-corrected chi connectivity index (χ3v) is 3.86. The van der Waals surface area contributed by atoms with Gasteiger partial charge in [-0.05, 0) is 56.4 Å². The number of nitrogens with two attached hydrogens (primary N) is 1. The van der Waals surface area contributed by atoms with E-state index in [0.29, 0.717) is 12.5 Å². The van der Waals surface area contributed by atoms with Crippen molar-refractivity contribution in [2.24, 2.45) is 16.1 Å². The van der Waals surface area contributed by atoms with Crippen molar-refractivity contribution in [2.45, 2.75) is 33.1 Å². The maximum absolute atomic E-state index is 11.7. The largest absolute Gasteiger partial charge is 0.370 e. The first-order valence-corrected chi connectivity index (χ1v) is 7.33. The molecule has 122 valence electrons. The standard InChI is InChI=1S/C16H24N4O.HI/c1-16(2,14(21)18-3)10-19-15(17)20-13-8-7-11-5-4-6-12(11)9-13;/h7-9H,4-6,10H2,1-3H3,(H,18,21)(H3,17,19,20);1H. The predicted molar refractivity (Wildman–Crippen MR) is 102 cm³/mol. The molecule has 0 atom stereocenters. The summed E-state index contributed by atoms with van der Waals surface area (Å²) in [4.78, 5) is 16.0. The Balaban J connectivity index is 0.00000242. The Morgan fingerprint density at radius 3 is 2.68 bits per heavy atom. The number of hydrogen-bond acceptors (Lipinski definition) is 2. The van der Waals surface area contributed by atoms with Gasteiger partial charge in [-0.15, -0.1) is 24.0 Å². The van der Waals surface area contributed by atoms with Gasteiger partial charge in [0.2, 0.25) is 5.91 Å². The highest BCUT2D eigenvalue weighted by atomic mass is 127. The smallest absolute Gasteiger partial charge is 0.227 e. The average Bonchev–Trinajstić information content (AvgIpc) is 2.92. The second kappa shape index (κ2) is 7.80. The first-order chi connectivity index (χ1) is 9.92. The number of anilines is 1. The van der Waals surface area contributed by atoms with Crippen molar-refractivity contribution in [1.29, 1.82) is 0 Å². The van der Waals surface area contributed by atoms with Gasteiger partial charge in [-0.2, -0.15) is 0 Å². The van der Waals surface area contributed by atoms with Gasteiger partial charge in [-0.1, -0.05) is 6.07 Å². The number of aryl methyl sites for hydroxylation is 2. The zero-order valence-electron chi connectivity index (χ0n) is 13.4. The van der Waals surface area contributed by atoms with Gasteiger partial charge in [0.1, 0.15) is 0 Å². The highest BCUT2D eigenvalue weighted by Crippen LogP contribution is 2.24. The zero-order chi connectivity index (χ0) is 15.5. The first-order valence-electron chi connectivity index (χ1n) is 7.33. The molecule has 1 amide bonds. The SMILES string of the molecule is CNC(=O)C(C)(C)CN=C(N)Nc1ccc2c(c1)CCC2.I. The molecule has 22 heavy (non-hydrogen) atoms. The molecule has 6 heteroatoms. The number of carbonyl (C=O) groups excluding carboxylic acids is 1. The van der Waals surface area contributed by atoms with E-state index in [-0.39, 0.29) is 29.9 Å². The summed E-state index contributed by atoms with van der Waals surface area (Å²) in [6, 6.07) is 6.30. The van der Waals surface area contributed by atoms with Gasteiger partial charge in [0.05, 0.1) is 12.0 Å². The molecule has 0 saturated heterocycles. The summed E-state index contributed by atoms with van der Waals surface area (Å²) in [5.74, 6) is 0.293. The molecule has 0 unspecified atom stereocenters. The number of nitrogens with one attached hydrogen (secondary N) is 2. The number of carbonyl (C=O) groups is 1. The number of fused-ring (bicyclic) bond motifs is 1. The van der Waals surface area contributed by atoms with Crippen LogP contribution in [0.25, 0.3) is 0 Å². The molecular formula is C16H25IN4O. The summed E-state index contributed by atoms with van der Waals surface area (Å²) < 4.78 is 0. The van der Waals surface area contributed by atoms with Gasteiger partial charge in [0.15, 0.2) is 5.96 Å². The van der Waals surface area contributed by atoms with Crippen LogP contribution < -0.4 is 16.4 Å². The van der Waals surface area contributed by atoms with E-state index < -0.39 is 5.41 Å². The number of rotatable bonds is 4. The van der Waals surface area contributed by atoms with Crippen molar-refractivity contribution < 1.29 is 4.79 Å². The van der Waals surface area contributed by atoms with Crippen LogP contribution >= 0.6 is 24.0 Å². The van der Waals surface area contributed by atoms with Crippen molar-refractivity contribution in [3.63, 3.8) is 0 Å². The molecule has 0 spiro atoms. The molecule has 0 heterocycles. The Morgan fingerprint density at radius 1 is 1.32 bits per heavy atom. The van der Waals surface area contributed by atoms with Crippen LogP contribution in [0.3, 0.4) is 0 Å². The lowest BCUT2D eigenvalue weighted by Gasteiger charge is -2.20. The topological polar surface area (TPSA) is 79.5 Å². The van der Waals surface area contributed by atoms with Gasteiger partial charge < -0.3 is 16.4 Å². The minimum absolute atomic E-state index is 0. The van der Waals surface area contributed by atoms with Crippen LogP contribution in [0.1, 0.15) is 31.4 Å². The lowest BCUT2D eigenvalue weighted by Crippen LogP contribution is -2.37. The fourth-order valence-electron chi connectivity index (χ4n) is 2.53. The van der Waals surface area contributed by atoms with Crippen LogP contribution in [0.2, 0.25) is 0 Å². The van der Waals surface area contributed by atoms with Crippen LogP contribution in [-0.4, -0.2) is 25.5 Å². The number of halogens is 1. The summed E-state index contributed by atoms with van der Waals surface area (Å²) in [6.07, 6.45) is 3.52. The molecule has 4 N–H and O–H groups in total. The van der Waals surface area contributed by atoms with E-state index in [4.69, 9.17) is 5.73 Å². The van der Waals surface area contributed by atoms with Gasteiger partial charge >= 0.3 is 0 Å². The Labute approximate surface area is 149 Å². The molecule has 1 aromatic carbocycles. The van der Waals surface area contributed by atoms with Gasteiger partial charge in [-0.25, -0.2) is 0 Å². The Morgan fingerprint density at radius 2 is 2.00 bits per heavy atom. The van der Waals surface area contributed by atoms with Crippen molar-refractivity contribution in [2.75, 3.05) is 18.9 Å². The lowest BCUT2D eigenvalue weighted by atomic mass is 9.93. The van der Waals surface area contributed by atoms with Crippen LogP contribution in [0, 0.1) is 5.41 Å². The molecule has 0 saturated carbocycles. The number of aliphatic imine (C=N–C) groups is 1. The summed E-state index contributed by atoms with van der Waals surface area (Å²) >= 11 is 0. The number of nitrogens with zero attached hydrogens (tertiary/aromatic N) is 1. The second-order valence-electron chi connectivity index (χ2n) is 6.13. The quantitative estimate of drug-likeness (QED) is 0.400. The molecular weight excluding hydrogens is 391 g/mol.